The largest absolute Gasteiger partial charge is 0.496 e. The topological polar surface area (TPSA) is 41.5 Å². The number of methoxy groups -OCH3 is 1. The number of benzene rings is 1. The van der Waals surface area contributed by atoms with Crippen LogP contribution >= 0.6 is 15.9 Å². The number of ether oxygens (including phenoxy) is 1. The molecule has 0 fully saturated rings. The molecule has 1 unspecified atom stereocenters. The molecule has 1 aromatic carbocycles. The quantitative estimate of drug-likeness (QED) is 0.847. The smallest absolute Gasteiger partial charge is 0.122 e. The molecule has 4 heteroatoms. The van der Waals surface area contributed by atoms with Gasteiger partial charge in [0, 0.05) is 10.9 Å². The lowest BCUT2D eigenvalue weighted by Crippen LogP contribution is -2.31. The van der Waals surface area contributed by atoms with Crippen LogP contribution in [0.5, 0.6) is 5.75 Å². The van der Waals surface area contributed by atoms with Gasteiger partial charge in [-0.15, -0.1) is 0 Å². The zero-order valence-corrected chi connectivity index (χ0v) is 12.2. The lowest BCUT2D eigenvalue weighted by atomic mass is 9.93. The molecule has 0 bridgehead atoms. The van der Waals surface area contributed by atoms with Gasteiger partial charge in [-0.3, -0.25) is 0 Å². The Labute approximate surface area is 111 Å². The van der Waals surface area contributed by atoms with Crippen LogP contribution in [0, 0.1) is 0 Å². The van der Waals surface area contributed by atoms with E-state index in [1.54, 1.807) is 7.11 Å². The van der Waals surface area contributed by atoms with Gasteiger partial charge >= 0.3 is 0 Å². The van der Waals surface area contributed by atoms with E-state index >= 15 is 0 Å². The van der Waals surface area contributed by atoms with Crippen molar-refractivity contribution in [1.82, 2.24) is 5.32 Å². The number of rotatable bonds is 6. The highest BCUT2D eigenvalue weighted by atomic mass is 79.9. The molecular formula is C13H20BrNO2. The summed E-state index contributed by atoms with van der Waals surface area (Å²) >= 11 is 3.44. The second kappa shape index (κ2) is 6.38. The summed E-state index contributed by atoms with van der Waals surface area (Å²) in [5.41, 5.74) is 0.292. The molecule has 96 valence electrons. The summed E-state index contributed by atoms with van der Waals surface area (Å²) in [5, 5.41) is 13.3. The zero-order valence-electron chi connectivity index (χ0n) is 10.6. The van der Waals surface area contributed by atoms with Crippen molar-refractivity contribution in [3.8, 4) is 5.75 Å². The van der Waals surface area contributed by atoms with E-state index in [0.717, 1.165) is 22.3 Å². The maximum atomic E-state index is 10.3. The minimum Gasteiger partial charge on any atom is -0.496 e. The van der Waals surface area contributed by atoms with Crippen molar-refractivity contribution in [2.45, 2.75) is 25.4 Å². The molecule has 17 heavy (non-hydrogen) atoms. The molecule has 0 aliphatic heterocycles. The van der Waals surface area contributed by atoms with E-state index in [1.807, 2.05) is 32.2 Å². The Bertz CT molecular complexity index is 366. The molecule has 0 aliphatic carbocycles. The second-order valence-electron chi connectivity index (χ2n) is 4.48. The third kappa shape index (κ3) is 4.66. The number of halogens is 1. The van der Waals surface area contributed by atoms with Crippen molar-refractivity contribution >= 4 is 15.9 Å². The van der Waals surface area contributed by atoms with Crippen molar-refractivity contribution < 1.29 is 9.84 Å². The van der Waals surface area contributed by atoms with Crippen LogP contribution in [0.4, 0.5) is 0 Å². The Balaban J connectivity index is 2.82. The Morgan fingerprint density at radius 2 is 2.18 bits per heavy atom. The van der Waals surface area contributed by atoms with Crippen molar-refractivity contribution in [1.29, 1.82) is 0 Å². The van der Waals surface area contributed by atoms with E-state index < -0.39 is 5.60 Å². The van der Waals surface area contributed by atoms with Gasteiger partial charge < -0.3 is 15.2 Å². The highest BCUT2D eigenvalue weighted by Gasteiger charge is 2.22. The monoisotopic (exact) mass is 301 g/mol. The molecule has 1 aromatic rings. The van der Waals surface area contributed by atoms with Crippen LogP contribution in [0.15, 0.2) is 22.7 Å². The number of nitrogens with one attached hydrogen (secondary N) is 1. The molecule has 0 heterocycles. The van der Waals surface area contributed by atoms with Crippen LogP contribution in [0.25, 0.3) is 0 Å². The van der Waals surface area contributed by atoms with E-state index in [9.17, 15) is 5.11 Å². The SMILES string of the molecule is CNCCC(C)(O)Cc1cc(Br)ccc1OC. The van der Waals surface area contributed by atoms with Crippen molar-refractivity contribution in [3.05, 3.63) is 28.2 Å². The van der Waals surface area contributed by atoms with Crippen LogP contribution in [-0.2, 0) is 6.42 Å². The van der Waals surface area contributed by atoms with Gasteiger partial charge in [0.05, 0.1) is 12.7 Å². The Kier molecular flexibility index (Phi) is 5.43. The summed E-state index contributed by atoms with van der Waals surface area (Å²) in [4.78, 5) is 0. The van der Waals surface area contributed by atoms with Gasteiger partial charge in [-0.05, 0) is 50.7 Å². The maximum absolute atomic E-state index is 10.3. The molecule has 3 nitrogen and oxygen atoms in total. The molecule has 1 rings (SSSR count). The van der Waals surface area contributed by atoms with E-state index in [1.165, 1.54) is 0 Å². The van der Waals surface area contributed by atoms with E-state index in [2.05, 4.69) is 21.2 Å². The lowest BCUT2D eigenvalue weighted by Gasteiger charge is -2.24. The predicted molar refractivity (Wildman–Crippen MR) is 73.6 cm³/mol. The number of aliphatic hydroxyl groups is 1. The molecular weight excluding hydrogens is 282 g/mol. The summed E-state index contributed by atoms with van der Waals surface area (Å²) in [5.74, 6) is 0.818. The first-order valence-electron chi connectivity index (χ1n) is 5.68. The van der Waals surface area contributed by atoms with Gasteiger partial charge in [-0.1, -0.05) is 15.9 Å². The molecule has 0 spiro atoms. The van der Waals surface area contributed by atoms with Crippen LogP contribution in [-0.4, -0.2) is 31.4 Å². The van der Waals surface area contributed by atoms with Crippen LogP contribution in [0.1, 0.15) is 18.9 Å². The van der Waals surface area contributed by atoms with Gasteiger partial charge in [0.15, 0.2) is 0 Å². The summed E-state index contributed by atoms with van der Waals surface area (Å²) in [7, 11) is 3.53. The summed E-state index contributed by atoms with van der Waals surface area (Å²) < 4.78 is 6.30. The van der Waals surface area contributed by atoms with Crippen LogP contribution < -0.4 is 10.1 Å². The fourth-order valence-corrected chi connectivity index (χ4v) is 2.19. The predicted octanol–water partition coefficient (Wildman–Crippen LogP) is 2.36. The minimum atomic E-state index is -0.725. The standard InChI is InChI=1S/C13H20BrNO2/c1-13(16,6-7-15-2)9-10-8-11(14)4-5-12(10)17-3/h4-5,8,15-16H,6-7,9H2,1-3H3. The highest BCUT2D eigenvalue weighted by molar-refractivity contribution is 9.10. The average Bonchev–Trinajstić information content (AvgIpc) is 2.26. The Hall–Kier alpha value is -0.580. The first-order valence-corrected chi connectivity index (χ1v) is 6.47. The van der Waals surface area contributed by atoms with E-state index in [0.29, 0.717) is 12.8 Å². The fraction of sp³-hybridized carbons (Fsp3) is 0.538. The highest BCUT2D eigenvalue weighted by Crippen LogP contribution is 2.27. The second-order valence-corrected chi connectivity index (χ2v) is 5.40. The molecule has 0 radical (unpaired) electrons. The van der Waals surface area contributed by atoms with Crippen LogP contribution in [0.3, 0.4) is 0 Å². The first-order chi connectivity index (χ1) is 7.98. The Morgan fingerprint density at radius 3 is 2.76 bits per heavy atom. The van der Waals surface area contributed by atoms with Gasteiger partial charge in [0.25, 0.3) is 0 Å². The summed E-state index contributed by atoms with van der Waals surface area (Å²) in [6, 6.07) is 5.84. The number of hydrogen-bond acceptors (Lipinski definition) is 3. The first kappa shape index (κ1) is 14.5. The Morgan fingerprint density at radius 1 is 1.47 bits per heavy atom. The maximum Gasteiger partial charge on any atom is 0.122 e. The molecule has 1 atom stereocenters. The molecule has 0 amide bonds. The normalized spacial score (nSPS) is 14.4. The molecule has 0 aliphatic rings. The third-order valence-corrected chi connectivity index (χ3v) is 3.22. The summed E-state index contributed by atoms with van der Waals surface area (Å²) in [6.07, 6.45) is 1.29. The molecule has 0 aromatic heterocycles. The van der Waals surface area contributed by atoms with Crippen molar-refractivity contribution in [2.75, 3.05) is 20.7 Å². The third-order valence-electron chi connectivity index (χ3n) is 2.73. The van der Waals surface area contributed by atoms with Crippen molar-refractivity contribution in [3.63, 3.8) is 0 Å². The van der Waals surface area contributed by atoms with Gasteiger partial charge in [0.2, 0.25) is 0 Å². The fourth-order valence-electron chi connectivity index (χ4n) is 1.78. The lowest BCUT2D eigenvalue weighted by molar-refractivity contribution is 0.0514. The van der Waals surface area contributed by atoms with Crippen molar-refractivity contribution in [2.24, 2.45) is 0 Å². The zero-order chi connectivity index (χ0) is 12.9. The van der Waals surface area contributed by atoms with Crippen LogP contribution in [0.2, 0.25) is 0 Å². The van der Waals surface area contributed by atoms with Gasteiger partial charge in [-0.2, -0.15) is 0 Å². The van der Waals surface area contributed by atoms with Gasteiger partial charge in [0.1, 0.15) is 5.75 Å². The van der Waals surface area contributed by atoms with E-state index in [-0.39, 0.29) is 0 Å². The van der Waals surface area contributed by atoms with E-state index in [4.69, 9.17) is 4.74 Å². The van der Waals surface area contributed by atoms with Gasteiger partial charge in [-0.25, -0.2) is 0 Å². The molecule has 0 saturated heterocycles. The average molecular weight is 302 g/mol. The summed E-state index contributed by atoms with van der Waals surface area (Å²) in [6.45, 7) is 2.65. The molecule has 0 saturated carbocycles. The molecule has 2 N–H and O–H groups in total. The number of hydrogen-bond donors (Lipinski definition) is 2. The minimum absolute atomic E-state index is 0.581.